The Bertz CT molecular complexity index is 1370. The van der Waals surface area contributed by atoms with Crippen molar-refractivity contribution in [2.75, 3.05) is 0 Å². The fourth-order valence-corrected chi connectivity index (χ4v) is 14.1. The number of hydrogen-bond acceptors (Lipinski definition) is 4. The van der Waals surface area contributed by atoms with Crippen molar-refractivity contribution in [1.82, 2.24) is 5.32 Å². The lowest BCUT2D eigenvalue weighted by Gasteiger charge is -2.72. The average Bonchev–Trinajstić information content (AvgIpc) is 3.35. The summed E-state index contributed by atoms with van der Waals surface area (Å²) in [5, 5.41) is 13.8. The van der Waals surface area contributed by atoms with Gasteiger partial charge in [0.15, 0.2) is 0 Å². The molecule has 0 heterocycles. The number of amides is 1. The van der Waals surface area contributed by atoms with Crippen LogP contribution in [0.15, 0.2) is 12.2 Å². The van der Waals surface area contributed by atoms with Crippen molar-refractivity contribution in [3.8, 4) is 0 Å². The first-order valence-corrected chi connectivity index (χ1v) is 19.4. The molecule has 0 bridgehead atoms. The molecule has 6 saturated carbocycles. The van der Waals surface area contributed by atoms with E-state index in [-0.39, 0.29) is 62.9 Å². The van der Waals surface area contributed by atoms with Crippen molar-refractivity contribution in [3.05, 3.63) is 12.2 Å². The number of carboxylic acids is 1. The molecule has 3 unspecified atom stereocenters. The molecule has 0 spiro atoms. The van der Waals surface area contributed by atoms with Crippen molar-refractivity contribution in [2.24, 2.45) is 73.9 Å². The van der Waals surface area contributed by atoms with Gasteiger partial charge in [-0.1, -0.05) is 60.6 Å². The van der Waals surface area contributed by atoms with Gasteiger partial charge in [-0.25, -0.2) is 0 Å². The number of rotatable bonds is 5. The molecule has 270 valence electrons. The maximum atomic E-state index is 13.8. The lowest BCUT2D eigenvalue weighted by atomic mass is 9.32. The van der Waals surface area contributed by atoms with E-state index in [1.165, 1.54) is 5.57 Å². The molecule has 0 aromatic rings. The summed E-state index contributed by atoms with van der Waals surface area (Å²) in [4.78, 5) is 39.8. The topological polar surface area (TPSA) is 92.7 Å². The van der Waals surface area contributed by atoms with Crippen LogP contribution >= 0.6 is 0 Å². The zero-order valence-electron chi connectivity index (χ0n) is 32.2. The van der Waals surface area contributed by atoms with E-state index >= 15 is 0 Å². The third-order valence-corrected chi connectivity index (χ3v) is 17.1. The van der Waals surface area contributed by atoms with E-state index in [4.69, 9.17) is 4.74 Å². The Morgan fingerprint density at radius 3 is 2.02 bits per heavy atom. The molecule has 48 heavy (non-hydrogen) atoms. The highest BCUT2D eigenvalue weighted by Gasteiger charge is 2.72. The summed E-state index contributed by atoms with van der Waals surface area (Å²) in [6, 6.07) is 0. The van der Waals surface area contributed by atoms with Crippen LogP contribution in [0, 0.1) is 73.9 Å². The number of aliphatic carboxylic acids is 1. The van der Waals surface area contributed by atoms with Crippen LogP contribution in [0.4, 0.5) is 0 Å². The highest BCUT2D eigenvalue weighted by atomic mass is 16.5. The summed E-state index contributed by atoms with van der Waals surface area (Å²) in [6.07, 6.45) is 10.5. The zero-order valence-corrected chi connectivity index (χ0v) is 32.2. The summed E-state index contributed by atoms with van der Waals surface area (Å²) < 4.78 is 6.52. The lowest BCUT2D eigenvalue weighted by Crippen LogP contribution is -2.67. The van der Waals surface area contributed by atoms with Gasteiger partial charge in [0.25, 0.3) is 0 Å². The fourth-order valence-electron chi connectivity index (χ4n) is 14.1. The SMILES string of the molecule is C=C(C)[C@@H]1CC[C@]2(C(=O)O)CC[C@]3(C)C(CC[C@@H]4[C@@]5(C)CC[C@H](OC(=O)C6C[C@@H](C(=O)NC(C)(C)C)C6(C)C)C(C)(C)[C@@H]5CC[C@]43C)C12. The summed E-state index contributed by atoms with van der Waals surface area (Å²) >= 11 is 0. The van der Waals surface area contributed by atoms with Crippen LogP contribution in [0.5, 0.6) is 0 Å². The Labute approximate surface area is 291 Å². The zero-order chi connectivity index (χ0) is 35.6. The summed E-state index contributed by atoms with van der Waals surface area (Å²) in [5.41, 5.74) is 0.0997. The maximum Gasteiger partial charge on any atom is 0.309 e. The minimum Gasteiger partial charge on any atom is -0.481 e. The second-order valence-corrected chi connectivity index (χ2v) is 20.8. The van der Waals surface area contributed by atoms with E-state index in [9.17, 15) is 19.5 Å². The van der Waals surface area contributed by atoms with Crippen LogP contribution in [0.3, 0.4) is 0 Å². The molecule has 6 rings (SSSR count). The smallest absolute Gasteiger partial charge is 0.309 e. The second-order valence-electron chi connectivity index (χ2n) is 20.8. The molecule has 6 aliphatic rings. The van der Waals surface area contributed by atoms with Crippen LogP contribution in [0.2, 0.25) is 0 Å². The predicted octanol–water partition coefficient (Wildman–Crippen LogP) is 9.22. The standard InChI is InChI=1S/C42H67NO5/c1-24(2)25-15-20-42(35(46)47)22-21-40(11)26(32(25)42)13-14-30-39(10)18-17-31(38(8,9)29(39)16-19-41(30,40)12)48-34(45)28-23-27(37(28,6)7)33(44)43-36(3,4)5/h25-32H,1,13-23H2,2-12H3,(H,43,44)(H,46,47)/t25-,26?,27-,28?,29-,30+,31-,32?,39-,40+,41+,42-/m0/s1. The molecule has 0 saturated heterocycles. The molecule has 12 atom stereocenters. The molecule has 0 aromatic carbocycles. The molecule has 1 amide bonds. The summed E-state index contributed by atoms with van der Waals surface area (Å²) in [7, 11) is 0. The largest absolute Gasteiger partial charge is 0.481 e. The van der Waals surface area contributed by atoms with E-state index in [2.05, 4.69) is 53.4 Å². The molecule has 6 fully saturated rings. The molecule has 6 aliphatic carbocycles. The van der Waals surface area contributed by atoms with Gasteiger partial charge >= 0.3 is 11.9 Å². The van der Waals surface area contributed by atoms with Gasteiger partial charge in [0.05, 0.1) is 11.3 Å². The number of hydrogen-bond donors (Lipinski definition) is 2. The van der Waals surface area contributed by atoms with Gasteiger partial charge in [-0.2, -0.15) is 0 Å². The fraction of sp³-hybridized carbons (Fsp3) is 0.881. The minimum atomic E-state index is -0.590. The lowest BCUT2D eigenvalue weighted by molar-refractivity contribution is -0.252. The van der Waals surface area contributed by atoms with Crippen LogP contribution in [-0.4, -0.2) is 34.6 Å². The normalized spacial score (nSPS) is 47.2. The first-order valence-electron chi connectivity index (χ1n) is 19.4. The van der Waals surface area contributed by atoms with E-state index in [0.717, 1.165) is 64.2 Å². The molecule has 0 radical (unpaired) electrons. The van der Waals surface area contributed by atoms with Crippen LogP contribution in [0.1, 0.15) is 147 Å². The van der Waals surface area contributed by atoms with Crippen molar-refractivity contribution >= 4 is 17.8 Å². The number of carbonyl (C=O) groups is 3. The third-order valence-electron chi connectivity index (χ3n) is 17.1. The number of nitrogens with one attached hydrogen (secondary N) is 1. The monoisotopic (exact) mass is 666 g/mol. The molecule has 0 aliphatic heterocycles. The van der Waals surface area contributed by atoms with Gasteiger partial charge < -0.3 is 15.2 Å². The Kier molecular flexibility index (Phi) is 8.30. The van der Waals surface area contributed by atoms with Crippen molar-refractivity contribution < 1.29 is 24.2 Å². The van der Waals surface area contributed by atoms with Crippen molar-refractivity contribution in [1.29, 1.82) is 0 Å². The van der Waals surface area contributed by atoms with E-state index < -0.39 is 16.8 Å². The molecule has 6 heteroatoms. The van der Waals surface area contributed by atoms with Gasteiger partial charge in [0.2, 0.25) is 5.91 Å². The number of allylic oxidation sites excluding steroid dienone is 1. The highest BCUT2D eigenvalue weighted by Crippen LogP contribution is 2.77. The highest BCUT2D eigenvalue weighted by molar-refractivity contribution is 5.85. The van der Waals surface area contributed by atoms with Gasteiger partial charge in [0.1, 0.15) is 6.10 Å². The van der Waals surface area contributed by atoms with E-state index in [0.29, 0.717) is 30.1 Å². The van der Waals surface area contributed by atoms with Crippen LogP contribution < -0.4 is 5.32 Å². The van der Waals surface area contributed by atoms with Crippen LogP contribution in [0.25, 0.3) is 0 Å². The quantitative estimate of drug-likeness (QED) is 0.226. The maximum absolute atomic E-state index is 13.8. The Morgan fingerprint density at radius 2 is 1.44 bits per heavy atom. The number of esters is 1. The van der Waals surface area contributed by atoms with Gasteiger partial charge in [-0.15, -0.1) is 0 Å². The van der Waals surface area contributed by atoms with Gasteiger partial charge in [0, 0.05) is 16.9 Å². The molecule has 2 N–H and O–H groups in total. The van der Waals surface area contributed by atoms with Crippen molar-refractivity contribution in [3.63, 3.8) is 0 Å². The Balaban J connectivity index is 1.20. The molecular weight excluding hydrogens is 598 g/mol. The first-order chi connectivity index (χ1) is 22.0. The molecular formula is C42H67NO5. The summed E-state index contributed by atoms with van der Waals surface area (Å²) in [5.74, 6) is 0.841. The number of ether oxygens (including phenoxy) is 1. The predicted molar refractivity (Wildman–Crippen MR) is 190 cm³/mol. The number of fused-ring (bicyclic) bond motifs is 7. The second kappa shape index (κ2) is 11.1. The van der Waals surface area contributed by atoms with E-state index in [1.54, 1.807) is 0 Å². The van der Waals surface area contributed by atoms with Crippen molar-refractivity contribution in [2.45, 2.75) is 158 Å². The van der Waals surface area contributed by atoms with Crippen LogP contribution in [-0.2, 0) is 19.1 Å². The number of carbonyl (C=O) groups excluding carboxylic acids is 2. The van der Waals surface area contributed by atoms with Gasteiger partial charge in [-0.3, -0.25) is 14.4 Å². The summed E-state index contributed by atoms with van der Waals surface area (Å²) in [6.45, 7) is 29.0. The third kappa shape index (κ3) is 4.85. The van der Waals surface area contributed by atoms with Gasteiger partial charge in [-0.05, 0) is 150 Å². The molecule has 6 nitrogen and oxygen atoms in total. The Morgan fingerprint density at radius 1 is 0.771 bits per heavy atom. The van der Waals surface area contributed by atoms with E-state index in [1.807, 2.05) is 34.6 Å². The number of carboxylic acid groups (broad SMARTS) is 1. The molecule has 0 aromatic heterocycles. The average molecular weight is 666 g/mol. The Hall–Kier alpha value is -1.85. The minimum absolute atomic E-state index is 0.0358. The first kappa shape index (κ1) is 36.0.